The standard InChI is InChI=1S/C34H61NO18/c1-3-5-7-8-9-10-11-18(39)17(35-22(40)12-6-4-2)16-48-32-28(46)25(43)30(20(14-37)50-32)53-34-29(47)26(44)31(21(15-38)51-34)52-33-27(45)24(42)23(41)19(13-36)49-33/h10-11,17-21,23-34,36-39,41-47H,3-9,12-16H2,1-2H3,(H,35,40)/b11-10+. The van der Waals surface area contributed by atoms with Gasteiger partial charge in [0.25, 0.3) is 0 Å². The van der Waals surface area contributed by atoms with Gasteiger partial charge in [0, 0.05) is 6.42 Å². The van der Waals surface area contributed by atoms with Crippen molar-refractivity contribution in [3.8, 4) is 0 Å². The molecule has 3 saturated heterocycles. The maximum atomic E-state index is 12.6. The summed E-state index contributed by atoms with van der Waals surface area (Å²) in [5, 5.41) is 118. The highest BCUT2D eigenvalue weighted by Gasteiger charge is 2.53. The van der Waals surface area contributed by atoms with Crippen LogP contribution < -0.4 is 5.32 Å². The average Bonchev–Trinajstić information content (AvgIpc) is 3.15. The fraction of sp³-hybridized carbons (Fsp3) is 0.912. The highest BCUT2D eigenvalue weighted by Crippen LogP contribution is 2.32. The summed E-state index contributed by atoms with van der Waals surface area (Å²) in [4.78, 5) is 12.6. The molecule has 17 unspecified atom stereocenters. The molecule has 0 aromatic heterocycles. The number of aliphatic hydroxyl groups is 11. The Morgan fingerprint density at radius 1 is 0.660 bits per heavy atom. The monoisotopic (exact) mass is 771 g/mol. The maximum Gasteiger partial charge on any atom is 0.220 e. The first-order chi connectivity index (χ1) is 25.3. The molecule has 0 saturated carbocycles. The molecular weight excluding hydrogens is 710 g/mol. The number of carbonyl (C=O) groups excluding carboxylic acids is 1. The highest BCUT2D eigenvalue weighted by molar-refractivity contribution is 5.76. The first kappa shape index (κ1) is 45.9. The normalized spacial score (nSPS) is 39.2. The van der Waals surface area contributed by atoms with Gasteiger partial charge in [-0.2, -0.15) is 0 Å². The van der Waals surface area contributed by atoms with Gasteiger partial charge in [-0.3, -0.25) is 4.79 Å². The van der Waals surface area contributed by atoms with Crippen LogP contribution in [0.15, 0.2) is 12.2 Å². The number of hydrogen-bond donors (Lipinski definition) is 12. The van der Waals surface area contributed by atoms with Crippen molar-refractivity contribution in [1.29, 1.82) is 0 Å². The molecule has 17 atom stereocenters. The molecule has 0 spiro atoms. The Kier molecular flexibility index (Phi) is 19.9. The lowest BCUT2D eigenvalue weighted by molar-refractivity contribution is -0.379. The van der Waals surface area contributed by atoms with Gasteiger partial charge in [0.05, 0.1) is 38.6 Å². The van der Waals surface area contributed by atoms with E-state index >= 15 is 0 Å². The number of ether oxygens (including phenoxy) is 6. The second-order valence-electron chi connectivity index (χ2n) is 13.7. The third-order valence-electron chi connectivity index (χ3n) is 9.59. The zero-order chi connectivity index (χ0) is 39.2. The van der Waals surface area contributed by atoms with Gasteiger partial charge in [0.1, 0.15) is 73.2 Å². The number of hydrogen-bond acceptors (Lipinski definition) is 18. The number of carbonyl (C=O) groups is 1. The Morgan fingerprint density at radius 2 is 1.17 bits per heavy atom. The number of amides is 1. The third kappa shape index (κ3) is 12.5. The average molecular weight is 772 g/mol. The van der Waals surface area contributed by atoms with Crippen LogP contribution >= 0.6 is 0 Å². The van der Waals surface area contributed by atoms with Crippen LogP contribution in [0.3, 0.4) is 0 Å². The van der Waals surface area contributed by atoms with E-state index in [1.165, 1.54) is 0 Å². The molecule has 310 valence electrons. The fourth-order valence-electron chi connectivity index (χ4n) is 6.28. The van der Waals surface area contributed by atoms with Crippen LogP contribution in [0.5, 0.6) is 0 Å². The van der Waals surface area contributed by atoms with Crippen molar-refractivity contribution in [2.24, 2.45) is 0 Å². The summed E-state index contributed by atoms with van der Waals surface area (Å²) in [6, 6.07) is -0.957. The minimum Gasteiger partial charge on any atom is -0.394 e. The number of aliphatic hydroxyl groups excluding tert-OH is 11. The van der Waals surface area contributed by atoms with Gasteiger partial charge in [0.2, 0.25) is 5.91 Å². The first-order valence-corrected chi connectivity index (χ1v) is 18.4. The van der Waals surface area contributed by atoms with Crippen LogP contribution in [0.1, 0.15) is 65.2 Å². The van der Waals surface area contributed by atoms with Crippen molar-refractivity contribution in [2.45, 2.75) is 169 Å². The molecule has 3 rings (SSSR count). The summed E-state index contributed by atoms with van der Waals surface area (Å²) < 4.78 is 33.5. The predicted molar refractivity (Wildman–Crippen MR) is 180 cm³/mol. The van der Waals surface area contributed by atoms with E-state index in [4.69, 9.17) is 28.4 Å². The molecule has 0 aromatic carbocycles. The zero-order valence-electron chi connectivity index (χ0n) is 30.2. The van der Waals surface area contributed by atoms with Crippen molar-refractivity contribution in [1.82, 2.24) is 5.32 Å². The SMILES string of the molecule is CCCCCC/C=C/C(O)C(COC1OC(CO)C(OC2OC(CO)C(OC3OC(CO)C(O)C(O)C3O)C(O)C2O)C(O)C1O)NC(=O)CCCC. The van der Waals surface area contributed by atoms with E-state index in [1.807, 2.05) is 13.0 Å². The van der Waals surface area contributed by atoms with Gasteiger partial charge in [-0.15, -0.1) is 0 Å². The van der Waals surface area contributed by atoms with Crippen LogP contribution in [0, 0.1) is 0 Å². The molecule has 0 bridgehead atoms. The molecule has 0 aromatic rings. The lowest BCUT2D eigenvalue weighted by atomic mass is 9.96. The molecule has 3 aliphatic rings. The number of allylic oxidation sites excluding steroid dienone is 1. The molecule has 1 amide bonds. The smallest absolute Gasteiger partial charge is 0.220 e. The molecule has 19 nitrogen and oxygen atoms in total. The van der Waals surface area contributed by atoms with Gasteiger partial charge < -0.3 is 89.9 Å². The lowest BCUT2D eigenvalue weighted by Gasteiger charge is -2.48. The topological polar surface area (TPSA) is 307 Å². The Bertz CT molecular complexity index is 1070. The van der Waals surface area contributed by atoms with E-state index in [0.717, 1.165) is 38.5 Å². The third-order valence-corrected chi connectivity index (χ3v) is 9.59. The predicted octanol–water partition coefficient (Wildman–Crippen LogP) is -3.99. The van der Waals surface area contributed by atoms with Crippen LogP contribution in [-0.2, 0) is 33.2 Å². The van der Waals surface area contributed by atoms with Crippen molar-refractivity contribution in [3.05, 3.63) is 12.2 Å². The second kappa shape index (κ2) is 22.9. The molecule has 12 N–H and O–H groups in total. The minimum absolute atomic E-state index is 0.217. The van der Waals surface area contributed by atoms with E-state index < -0.39 is 124 Å². The van der Waals surface area contributed by atoms with Crippen LogP contribution in [0.25, 0.3) is 0 Å². The Hall–Kier alpha value is -1.47. The summed E-state index contributed by atoms with van der Waals surface area (Å²) in [5.41, 5.74) is 0. The molecule has 0 aliphatic carbocycles. The summed E-state index contributed by atoms with van der Waals surface area (Å²) in [7, 11) is 0. The molecule has 3 aliphatic heterocycles. The van der Waals surface area contributed by atoms with E-state index in [9.17, 15) is 61.0 Å². The summed E-state index contributed by atoms with van der Waals surface area (Å²) in [6.07, 6.45) is -16.8. The number of nitrogens with one attached hydrogen (secondary N) is 1. The van der Waals surface area contributed by atoms with Crippen LogP contribution in [-0.4, -0.2) is 193 Å². The van der Waals surface area contributed by atoms with Gasteiger partial charge in [-0.05, 0) is 19.3 Å². The van der Waals surface area contributed by atoms with Gasteiger partial charge in [-0.1, -0.05) is 51.7 Å². The summed E-state index contributed by atoms with van der Waals surface area (Å²) in [6.45, 7) is 1.26. The lowest BCUT2D eigenvalue weighted by Crippen LogP contribution is -2.66. The van der Waals surface area contributed by atoms with Crippen molar-refractivity contribution in [2.75, 3.05) is 26.4 Å². The number of rotatable bonds is 21. The largest absolute Gasteiger partial charge is 0.394 e. The summed E-state index contributed by atoms with van der Waals surface area (Å²) >= 11 is 0. The first-order valence-electron chi connectivity index (χ1n) is 18.4. The quantitative estimate of drug-likeness (QED) is 0.0391. The number of unbranched alkanes of at least 4 members (excludes halogenated alkanes) is 5. The Morgan fingerprint density at radius 3 is 1.72 bits per heavy atom. The highest BCUT2D eigenvalue weighted by atomic mass is 16.8. The second-order valence-corrected chi connectivity index (χ2v) is 13.7. The minimum atomic E-state index is -1.97. The molecule has 53 heavy (non-hydrogen) atoms. The van der Waals surface area contributed by atoms with Gasteiger partial charge in [-0.25, -0.2) is 0 Å². The van der Waals surface area contributed by atoms with Crippen LogP contribution in [0.4, 0.5) is 0 Å². The molecule has 0 radical (unpaired) electrons. The molecule has 3 heterocycles. The van der Waals surface area contributed by atoms with E-state index in [0.29, 0.717) is 6.42 Å². The van der Waals surface area contributed by atoms with Crippen molar-refractivity contribution in [3.63, 3.8) is 0 Å². The van der Waals surface area contributed by atoms with Crippen LogP contribution in [0.2, 0.25) is 0 Å². The van der Waals surface area contributed by atoms with E-state index in [2.05, 4.69) is 12.2 Å². The van der Waals surface area contributed by atoms with Gasteiger partial charge >= 0.3 is 0 Å². The maximum absolute atomic E-state index is 12.6. The fourth-order valence-corrected chi connectivity index (χ4v) is 6.28. The Balaban J connectivity index is 1.65. The molecule has 3 fully saturated rings. The zero-order valence-corrected chi connectivity index (χ0v) is 30.2. The van der Waals surface area contributed by atoms with E-state index in [-0.39, 0.29) is 18.9 Å². The Labute approximate surface area is 308 Å². The summed E-state index contributed by atoms with van der Waals surface area (Å²) in [5.74, 6) is -0.321. The molecule has 19 heteroatoms. The van der Waals surface area contributed by atoms with Crippen molar-refractivity contribution >= 4 is 5.91 Å². The van der Waals surface area contributed by atoms with Crippen molar-refractivity contribution < 1.29 is 89.4 Å². The van der Waals surface area contributed by atoms with E-state index in [1.54, 1.807) is 6.08 Å². The molecular formula is C34H61NO18. The van der Waals surface area contributed by atoms with Gasteiger partial charge in [0.15, 0.2) is 18.9 Å².